The van der Waals surface area contributed by atoms with E-state index in [2.05, 4.69) is 22.2 Å². The van der Waals surface area contributed by atoms with Crippen molar-refractivity contribution in [2.24, 2.45) is 21.6 Å². The number of amides is 2. The number of anilines is 1. The minimum atomic E-state index is -0.0106. The van der Waals surface area contributed by atoms with Crippen LogP contribution in [0.5, 0.6) is 0 Å². The van der Waals surface area contributed by atoms with Crippen molar-refractivity contribution in [3.63, 3.8) is 0 Å². The van der Waals surface area contributed by atoms with Crippen molar-refractivity contribution in [1.82, 2.24) is 4.90 Å². The lowest BCUT2D eigenvalue weighted by molar-refractivity contribution is -0.00600. The topological polar surface area (TPSA) is 83.1 Å². The summed E-state index contributed by atoms with van der Waals surface area (Å²) < 4.78 is 0. The number of nitrogens with two attached hydrogens (primary N) is 1. The molecular formula is C18H27N5O. The van der Waals surface area contributed by atoms with Crippen molar-refractivity contribution >= 4 is 23.9 Å². The van der Waals surface area contributed by atoms with Gasteiger partial charge in [-0.25, -0.2) is 9.79 Å². The summed E-state index contributed by atoms with van der Waals surface area (Å²) in [5.41, 5.74) is 8.56. The van der Waals surface area contributed by atoms with Crippen LogP contribution in [0.3, 0.4) is 0 Å². The van der Waals surface area contributed by atoms with Gasteiger partial charge < -0.3 is 16.0 Å². The van der Waals surface area contributed by atoms with E-state index in [1.165, 1.54) is 6.34 Å². The number of hydrogen-bond acceptors (Lipinski definition) is 2. The van der Waals surface area contributed by atoms with Crippen molar-refractivity contribution in [3.8, 4) is 0 Å². The highest BCUT2D eigenvalue weighted by Crippen LogP contribution is 2.41. The van der Waals surface area contributed by atoms with Crippen LogP contribution in [-0.4, -0.2) is 42.2 Å². The predicted molar refractivity (Wildman–Crippen MR) is 99.9 cm³/mol. The maximum atomic E-state index is 12.6. The molecule has 0 aliphatic carbocycles. The molecular weight excluding hydrogens is 302 g/mol. The molecule has 2 fully saturated rings. The second kappa shape index (κ2) is 6.63. The number of aryl methyl sites for hydroxylation is 1. The second-order valence-electron chi connectivity index (χ2n) is 6.88. The third-order valence-corrected chi connectivity index (χ3v) is 4.99. The third kappa shape index (κ3) is 3.13. The van der Waals surface area contributed by atoms with Crippen molar-refractivity contribution in [2.45, 2.75) is 45.2 Å². The molecule has 2 heterocycles. The van der Waals surface area contributed by atoms with E-state index < -0.39 is 0 Å². The lowest BCUT2D eigenvalue weighted by Gasteiger charge is -2.54. The number of amidine groups is 1. The SMILES string of the molecule is CN=CN=C(N)c1cc(NC(=O)N2C3CC(C)CC2C3)ccc1C.[HH]. The smallest absolute Gasteiger partial charge is 0.322 e. The Labute approximate surface area is 144 Å². The first-order valence-corrected chi connectivity index (χ1v) is 8.43. The average molecular weight is 329 g/mol. The number of hydrogen-bond donors (Lipinski definition) is 2. The van der Waals surface area contributed by atoms with E-state index in [1.54, 1.807) is 7.05 Å². The molecule has 2 atom stereocenters. The van der Waals surface area contributed by atoms with Gasteiger partial charge in [-0.2, -0.15) is 0 Å². The van der Waals surface area contributed by atoms with Crippen LogP contribution >= 0.6 is 0 Å². The molecule has 6 heteroatoms. The molecule has 24 heavy (non-hydrogen) atoms. The van der Waals surface area contributed by atoms with E-state index >= 15 is 0 Å². The first kappa shape index (κ1) is 16.5. The molecule has 2 bridgehead atoms. The fourth-order valence-corrected chi connectivity index (χ4v) is 3.83. The fraction of sp³-hybridized carbons (Fsp3) is 0.500. The van der Waals surface area contributed by atoms with Crippen LogP contribution in [0, 0.1) is 12.8 Å². The zero-order chi connectivity index (χ0) is 17.3. The molecule has 2 unspecified atom stereocenters. The lowest BCUT2D eigenvalue weighted by atomic mass is 9.74. The number of benzene rings is 1. The van der Waals surface area contributed by atoms with Gasteiger partial charge in [-0.3, -0.25) is 4.99 Å². The highest BCUT2D eigenvalue weighted by atomic mass is 16.2. The van der Waals surface area contributed by atoms with Crippen LogP contribution in [0.15, 0.2) is 28.2 Å². The molecule has 0 saturated carbocycles. The fourth-order valence-electron chi connectivity index (χ4n) is 3.83. The Morgan fingerprint density at radius 2 is 2.08 bits per heavy atom. The largest absolute Gasteiger partial charge is 0.383 e. The molecule has 2 saturated heterocycles. The van der Waals surface area contributed by atoms with Crippen LogP contribution in [0.1, 0.15) is 38.7 Å². The maximum absolute atomic E-state index is 12.6. The molecule has 3 N–H and O–H groups in total. The Kier molecular flexibility index (Phi) is 4.55. The first-order valence-electron chi connectivity index (χ1n) is 8.43. The molecule has 2 amide bonds. The molecule has 2 aliphatic rings. The van der Waals surface area contributed by atoms with Crippen LogP contribution < -0.4 is 11.1 Å². The molecule has 0 spiro atoms. The van der Waals surface area contributed by atoms with Gasteiger partial charge in [-0.05, 0) is 49.8 Å². The number of rotatable bonds is 3. The van der Waals surface area contributed by atoms with Gasteiger partial charge >= 0.3 is 6.03 Å². The van der Waals surface area contributed by atoms with Gasteiger partial charge in [0.15, 0.2) is 0 Å². The summed E-state index contributed by atoms with van der Waals surface area (Å²) in [5, 5.41) is 3.01. The molecule has 1 aromatic rings. The second-order valence-corrected chi connectivity index (χ2v) is 6.88. The molecule has 0 aromatic heterocycles. The number of fused-ring (bicyclic) bond motifs is 2. The summed E-state index contributed by atoms with van der Waals surface area (Å²) in [4.78, 5) is 22.5. The number of aliphatic imine (C=N–C) groups is 2. The van der Waals surface area contributed by atoms with E-state index in [9.17, 15) is 4.79 Å². The van der Waals surface area contributed by atoms with Gasteiger partial charge in [0.25, 0.3) is 0 Å². The van der Waals surface area contributed by atoms with E-state index in [4.69, 9.17) is 5.73 Å². The van der Waals surface area contributed by atoms with Gasteiger partial charge in [0, 0.05) is 31.8 Å². The van der Waals surface area contributed by atoms with Crippen LogP contribution in [0.4, 0.5) is 10.5 Å². The Morgan fingerprint density at radius 3 is 2.75 bits per heavy atom. The van der Waals surface area contributed by atoms with Crippen molar-refractivity contribution in [3.05, 3.63) is 29.3 Å². The number of nitrogens with one attached hydrogen (secondary N) is 1. The summed E-state index contributed by atoms with van der Waals surface area (Å²) in [5.74, 6) is 1.11. The van der Waals surface area contributed by atoms with E-state index in [0.717, 1.165) is 42.0 Å². The minimum Gasteiger partial charge on any atom is -0.383 e. The molecule has 3 rings (SSSR count). The van der Waals surface area contributed by atoms with Gasteiger partial charge in [-0.15, -0.1) is 0 Å². The number of nitrogens with zero attached hydrogens (tertiary/aromatic N) is 3. The Morgan fingerprint density at radius 1 is 1.38 bits per heavy atom. The maximum Gasteiger partial charge on any atom is 0.322 e. The third-order valence-electron chi connectivity index (χ3n) is 4.99. The van der Waals surface area contributed by atoms with Crippen LogP contribution in [-0.2, 0) is 0 Å². The van der Waals surface area contributed by atoms with Crippen molar-refractivity contribution < 1.29 is 6.22 Å². The normalized spacial score (nSPS) is 26.4. The summed E-state index contributed by atoms with van der Waals surface area (Å²) in [6.07, 6.45) is 4.79. The van der Waals surface area contributed by atoms with Crippen molar-refractivity contribution in [1.29, 1.82) is 0 Å². The van der Waals surface area contributed by atoms with Gasteiger partial charge in [0.05, 0.1) is 0 Å². The van der Waals surface area contributed by atoms with E-state index in [1.807, 2.05) is 30.0 Å². The molecule has 2 aliphatic heterocycles. The van der Waals surface area contributed by atoms with E-state index in [0.29, 0.717) is 17.9 Å². The standard InChI is InChI=1S/C18H25N5O.H2/c1-11-6-14-9-15(7-11)23(14)18(24)22-13-5-4-12(2)16(8-13)17(19)21-10-20-3;/h4-5,8,10-11,14-15H,6-7,9H2,1-3H3,(H,22,24)(H2,19,20,21);1H. The Balaban J connectivity index is 0.00000225. The number of carbonyl (C=O) groups excluding carboxylic acids is 1. The lowest BCUT2D eigenvalue weighted by Crippen LogP contribution is -2.63. The molecule has 0 radical (unpaired) electrons. The quantitative estimate of drug-likeness (QED) is 0.660. The zero-order valence-corrected chi connectivity index (χ0v) is 14.5. The molecule has 1 aromatic carbocycles. The van der Waals surface area contributed by atoms with Gasteiger partial charge in [0.1, 0.15) is 12.2 Å². The minimum absolute atomic E-state index is 0. The Bertz CT molecular complexity index is 691. The first-order chi connectivity index (χ1) is 11.5. The highest BCUT2D eigenvalue weighted by molar-refractivity contribution is 6.03. The summed E-state index contributed by atoms with van der Waals surface area (Å²) in [6.45, 7) is 4.23. The summed E-state index contributed by atoms with van der Waals surface area (Å²) in [7, 11) is 1.64. The van der Waals surface area contributed by atoms with Gasteiger partial charge in [-0.1, -0.05) is 13.0 Å². The van der Waals surface area contributed by atoms with E-state index in [-0.39, 0.29) is 7.46 Å². The number of urea groups is 1. The Hall–Kier alpha value is -2.37. The summed E-state index contributed by atoms with van der Waals surface area (Å²) >= 11 is 0. The molecule has 130 valence electrons. The molecule has 6 nitrogen and oxygen atoms in total. The zero-order valence-electron chi connectivity index (χ0n) is 14.5. The van der Waals surface area contributed by atoms with Crippen LogP contribution in [0.2, 0.25) is 0 Å². The van der Waals surface area contributed by atoms with Crippen molar-refractivity contribution in [2.75, 3.05) is 12.4 Å². The average Bonchev–Trinajstić information content (AvgIpc) is 2.53. The van der Waals surface area contributed by atoms with Gasteiger partial charge in [0.2, 0.25) is 0 Å². The van der Waals surface area contributed by atoms with Crippen LogP contribution in [0.25, 0.3) is 0 Å². The number of piperidine rings is 1. The number of carbonyl (C=O) groups is 1. The highest BCUT2D eigenvalue weighted by Gasteiger charge is 2.46. The predicted octanol–water partition coefficient (Wildman–Crippen LogP) is 3.01. The monoisotopic (exact) mass is 329 g/mol. The summed E-state index contributed by atoms with van der Waals surface area (Å²) in [6, 6.07) is 6.50.